The fourth-order valence-electron chi connectivity index (χ4n) is 3.70. The summed E-state index contributed by atoms with van der Waals surface area (Å²) >= 11 is 0. The third kappa shape index (κ3) is 3.98. The van der Waals surface area contributed by atoms with Crippen molar-refractivity contribution < 1.29 is 14.2 Å². The zero-order chi connectivity index (χ0) is 22.8. The summed E-state index contributed by atoms with van der Waals surface area (Å²) in [5.74, 6) is 3.26. The summed E-state index contributed by atoms with van der Waals surface area (Å²) in [6.45, 7) is 2.57. The second-order valence-electron chi connectivity index (χ2n) is 7.37. The van der Waals surface area contributed by atoms with E-state index in [-0.39, 0.29) is 0 Å². The Labute approximate surface area is 190 Å². The number of benzene rings is 3. The lowest BCUT2D eigenvalue weighted by molar-refractivity contribution is 0.340. The third-order valence-electron chi connectivity index (χ3n) is 5.33. The van der Waals surface area contributed by atoms with Crippen molar-refractivity contribution in [2.45, 2.75) is 6.92 Å². The predicted octanol–water partition coefficient (Wildman–Crippen LogP) is 5.33. The molecule has 166 valence electrons. The quantitative estimate of drug-likeness (QED) is 0.352. The Balaban J connectivity index is 1.65. The van der Waals surface area contributed by atoms with Crippen LogP contribution in [0.25, 0.3) is 33.2 Å². The number of aromatic amines is 1. The highest BCUT2D eigenvalue weighted by Gasteiger charge is 2.15. The van der Waals surface area contributed by atoms with Gasteiger partial charge >= 0.3 is 0 Å². The lowest BCUT2D eigenvalue weighted by atomic mass is 10.1. The van der Waals surface area contributed by atoms with E-state index < -0.39 is 0 Å². The van der Waals surface area contributed by atoms with Crippen LogP contribution in [-0.4, -0.2) is 41.0 Å². The highest BCUT2D eigenvalue weighted by Crippen LogP contribution is 2.36. The number of H-pyrrole nitrogens is 1. The molecule has 0 aliphatic carbocycles. The Bertz CT molecular complexity index is 1430. The summed E-state index contributed by atoms with van der Waals surface area (Å²) in [4.78, 5) is 9.66. The minimum absolute atomic E-state index is 0.588. The summed E-state index contributed by atoms with van der Waals surface area (Å²) in [7, 11) is 3.22. The van der Waals surface area contributed by atoms with Gasteiger partial charge in [0.1, 0.15) is 11.6 Å². The molecule has 0 aliphatic heterocycles. The predicted molar refractivity (Wildman–Crippen MR) is 129 cm³/mol. The molecule has 8 heteroatoms. The van der Waals surface area contributed by atoms with E-state index in [9.17, 15) is 0 Å². The van der Waals surface area contributed by atoms with Crippen LogP contribution in [0.2, 0.25) is 0 Å². The molecule has 0 unspecified atom stereocenters. The van der Waals surface area contributed by atoms with Crippen molar-refractivity contribution in [3.63, 3.8) is 0 Å². The number of ether oxygens (including phenoxy) is 3. The number of aromatic nitrogens is 4. The first-order chi connectivity index (χ1) is 16.2. The Morgan fingerprint density at radius 1 is 0.909 bits per heavy atom. The van der Waals surface area contributed by atoms with Crippen LogP contribution in [0.4, 0.5) is 11.5 Å². The van der Waals surface area contributed by atoms with Gasteiger partial charge in [0.2, 0.25) is 0 Å². The molecule has 2 N–H and O–H groups in total. The molecule has 0 saturated heterocycles. The topological polar surface area (TPSA) is 94.2 Å². The molecule has 33 heavy (non-hydrogen) atoms. The standard InChI is InChI=1S/C25H23N5O3/c1-4-33-18-8-5-15(6-9-18)24-28-21-13-23(32-3)22(31-2)12-19(21)25(29-24)27-17-7-10-20-16(11-17)14-26-30-20/h5-14H,4H2,1-3H3,(H,26,30)(H,27,28,29). The number of rotatable bonds is 7. The monoisotopic (exact) mass is 441 g/mol. The minimum atomic E-state index is 0.588. The lowest BCUT2D eigenvalue weighted by Crippen LogP contribution is -2.01. The van der Waals surface area contributed by atoms with E-state index in [4.69, 9.17) is 24.2 Å². The molecule has 0 saturated carbocycles. The number of fused-ring (bicyclic) bond motifs is 2. The highest BCUT2D eigenvalue weighted by atomic mass is 16.5. The smallest absolute Gasteiger partial charge is 0.162 e. The third-order valence-corrected chi connectivity index (χ3v) is 5.33. The molecule has 2 aromatic heterocycles. The van der Waals surface area contributed by atoms with E-state index in [1.807, 2.05) is 61.5 Å². The molecule has 2 heterocycles. The first kappa shape index (κ1) is 20.6. The molecule has 0 bridgehead atoms. The molecule has 3 aromatic carbocycles. The van der Waals surface area contributed by atoms with Crippen molar-refractivity contribution in [2.24, 2.45) is 0 Å². The molecule has 0 amide bonds. The lowest BCUT2D eigenvalue weighted by Gasteiger charge is -2.14. The minimum Gasteiger partial charge on any atom is -0.494 e. The van der Waals surface area contributed by atoms with Crippen molar-refractivity contribution in [3.8, 4) is 28.6 Å². The van der Waals surface area contributed by atoms with Crippen LogP contribution in [0.15, 0.2) is 60.8 Å². The van der Waals surface area contributed by atoms with Crippen molar-refractivity contribution in [3.05, 3.63) is 60.8 Å². The van der Waals surface area contributed by atoms with Gasteiger partial charge in [-0.2, -0.15) is 5.10 Å². The Hall–Kier alpha value is -4.33. The average Bonchev–Trinajstić information content (AvgIpc) is 3.32. The van der Waals surface area contributed by atoms with Gasteiger partial charge in [-0.15, -0.1) is 0 Å². The van der Waals surface area contributed by atoms with E-state index in [1.54, 1.807) is 20.4 Å². The molecular formula is C25H23N5O3. The van der Waals surface area contributed by atoms with Gasteiger partial charge < -0.3 is 19.5 Å². The molecular weight excluding hydrogens is 418 g/mol. The van der Waals surface area contributed by atoms with Crippen molar-refractivity contribution in [1.82, 2.24) is 20.2 Å². The Morgan fingerprint density at radius 3 is 2.45 bits per heavy atom. The SMILES string of the molecule is CCOc1ccc(-c2nc(Nc3ccc4[nH]ncc4c3)c3cc(OC)c(OC)cc3n2)cc1. The molecule has 0 atom stereocenters. The molecule has 0 aliphatic rings. The Kier molecular flexibility index (Phi) is 5.40. The zero-order valence-electron chi connectivity index (χ0n) is 18.5. The average molecular weight is 441 g/mol. The van der Waals surface area contributed by atoms with E-state index in [1.165, 1.54) is 0 Å². The fraction of sp³-hybridized carbons (Fsp3) is 0.160. The number of hydrogen-bond donors (Lipinski definition) is 2. The fourth-order valence-corrected chi connectivity index (χ4v) is 3.70. The first-order valence-corrected chi connectivity index (χ1v) is 10.6. The largest absolute Gasteiger partial charge is 0.494 e. The van der Waals surface area contributed by atoms with Crippen LogP contribution in [0.3, 0.4) is 0 Å². The van der Waals surface area contributed by atoms with Gasteiger partial charge in [-0.25, -0.2) is 9.97 Å². The molecule has 8 nitrogen and oxygen atoms in total. The van der Waals surface area contributed by atoms with E-state index in [2.05, 4.69) is 15.5 Å². The zero-order valence-corrected chi connectivity index (χ0v) is 18.5. The molecule has 0 radical (unpaired) electrons. The molecule has 5 aromatic rings. The molecule has 5 rings (SSSR count). The van der Waals surface area contributed by atoms with Crippen LogP contribution < -0.4 is 19.5 Å². The molecule has 0 fully saturated rings. The van der Waals surface area contributed by atoms with Gasteiger partial charge in [0.05, 0.1) is 38.1 Å². The van der Waals surface area contributed by atoms with Crippen LogP contribution >= 0.6 is 0 Å². The number of methoxy groups -OCH3 is 2. The van der Waals surface area contributed by atoms with Gasteiger partial charge in [0.15, 0.2) is 17.3 Å². The first-order valence-electron chi connectivity index (χ1n) is 10.6. The van der Waals surface area contributed by atoms with Crippen molar-refractivity contribution >= 4 is 33.3 Å². The summed E-state index contributed by atoms with van der Waals surface area (Å²) in [5, 5.41) is 12.3. The normalized spacial score (nSPS) is 11.0. The van der Waals surface area contributed by atoms with E-state index >= 15 is 0 Å². The van der Waals surface area contributed by atoms with Gasteiger partial charge in [0, 0.05) is 28.1 Å². The summed E-state index contributed by atoms with van der Waals surface area (Å²) in [6, 6.07) is 17.5. The van der Waals surface area contributed by atoms with Gasteiger partial charge in [-0.3, -0.25) is 5.10 Å². The van der Waals surface area contributed by atoms with Crippen molar-refractivity contribution in [1.29, 1.82) is 0 Å². The maximum Gasteiger partial charge on any atom is 0.162 e. The Morgan fingerprint density at radius 2 is 1.70 bits per heavy atom. The van der Waals surface area contributed by atoms with Crippen molar-refractivity contribution in [2.75, 3.05) is 26.1 Å². The highest BCUT2D eigenvalue weighted by molar-refractivity contribution is 5.95. The van der Waals surface area contributed by atoms with Gasteiger partial charge in [-0.05, 0) is 55.5 Å². The van der Waals surface area contributed by atoms with E-state index in [0.717, 1.165) is 38.8 Å². The van der Waals surface area contributed by atoms with Gasteiger partial charge in [0.25, 0.3) is 0 Å². The summed E-state index contributed by atoms with van der Waals surface area (Å²) < 4.78 is 16.6. The second kappa shape index (κ2) is 8.66. The second-order valence-corrected chi connectivity index (χ2v) is 7.37. The summed E-state index contributed by atoms with van der Waals surface area (Å²) in [5.41, 5.74) is 3.47. The number of nitrogens with one attached hydrogen (secondary N) is 2. The molecule has 0 spiro atoms. The van der Waals surface area contributed by atoms with Crippen LogP contribution in [-0.2, 0) is 0 Å². The number of hydrogen-bond acceptors (Lipinski definition) is 7. The van der Waals surface area contributed by atoms with Crippen LogP contribution in [0.5, 0.6) is 17.2 Å². The number of nitrogens with zero attached hydrogens (tertiary/aromatic N) is 3. The number of anilines is 2. The van der Waals surface area contributed by atoms with Crippen LogP contribution in [0, 0.1) is 0 Å². The van der Waals surface area contributed by atoms with Gasteiger partial charge in [-0.1, -0.05) is 0 Å². The maximum atomic E-state index is 5.56. The maximum absolute atomic E-state index is 5.56. The van der Waals surface area contributed by atoms with Crippen LogP contribution in [0.1, 0.15) is 6.92 Å². The van der Waals surface area contributed by atoms with E-state index in [0.29, 0.717) is 29.7 Å². The summed E-state index contributed by atoms with van der Waals surface area (Å²) in [6.07, 6.45) is 1.79.